The lowest BCUT2D eigenvalue weighted by Gasteiger charge is -2.12. The molecule has 0 atom stereocenters. The lowest BCUT2D eigenvalue weighted by molar-refractivity contribution is 0.0696. The molecule has 0 saturated carbocycles. The highest BCUT2D eigenvalue weighted by Crippen LogP contribution is 2.31. The molecule has 3 aromatic heterocycles. The molecule has 3 aromatic carbocycles. The first kappa shape index (κ1) is 25.4. The van der Waals surface area contributed by atoms with E-state index in [9.17, 15) is 9.59 Å². The Morgan fingerprint density at radius 2 is 1.54 bits per heavy atom. The summed E-state index contributed by atoms with van der Waals surface area (Å²) < 4.78 is 1.96. The largest absolute Gasteiger partial charge is 0.478 e. The molecule has 0 spiro atoms. The molecule has 0 aliphatic heterocycles. The number of carboxylic acids is 1. The topological polar surface area (TPSA) is 136 Å². The van der Waals surface area contributed by atoms with Gasteiger partial charge in [-0.15, -0.1) is 0 Å². The Bertz CT molecular complexity index is 1880. The molecule has 0 fully saturated rings. The first-order valence-corrected chi connectivity index (χ1v) is 12.8. The summed E-state index contributed by atoms with van der Waals surface area (Å²) in [6, 6.07) is 31.1. The molecule has 0 radical (unpaired) electrons. The van der Waals surface area contributed by atoms with E-state index < -0.39 is 5.97 Å². The number of nitrogens with one attached hydrogen (secondary N) is 1. The van der Waals surface area contributed by atoms with Crippen molar-refractivity contribution < 1.29 is 14.7 Å². The monoisotopic (exact) mass is 540 g/mol. The highest BCUT2D eigenvalue weighted by Gasteiger charge is 2.19. The average molecular weight is 541 g/mol. The Balaban J connectivity index is 1.33. The number of benzene rings is 3. The first-order chi connectivity index (χ1) is 20.0. The van der Waals surface area contributed by atoms with E-state index in [1.54, 1.807) is 6.20 Å². The van der Waals surface area contributed by atoms with E-state index in [1.165, 1.54) is 24.3 Å². The van der Waals surface area contributed by atoms with Gasteiger partial charge in [0.05, 0.1) is 16.8 Å². The van der Waals surface area contributed by atoms with Crippen molar-refractivity contribution in [1.29, 1.82) is 0 Å². The third kappa shape index (κ3) is 5.11. The van der Waals surface area contributed by atoms with Crippen molar-refractivity contribution in [1.82, 2.24) is 24.8 Å². The minimum atomic E-state index is -1.04. The van der Waals surface area contributed by atoms with E-state index >= 15 is 0 Å². The van der Waals surface area contributed by atoms with E-state index in [1.807, 2.05) is 83.4 Å². The van der Waals surface area contributed by atoms with Crippen LogP contribution in [0.3, 0.4) is 0 Å². The van der Waals surface area contributed by atoms with Gasteiger partial charge >= 0.3 is 5.97 Å². The molecular formula is C32H24N6O3. The number of rotatable bonds is 7. The molecule has 4 N–H and O–H groups in total. The van der Waals surface area contributed by atoms with Gasteiger partial charge in [0.1, 0.15) is 11.3 Å². The number of pyridine rings is 2. The van der Waals surface area contributed by atoms with Crippen LogP contribution in [0.2, 0.25) is 0 Å². The van der Waals surface area contributed by atoms with Gasteiger partial charge in [-0.2, -0.15) is 0 Å². The van der Waals surface area contributed by atoms with Gasteiger partial charge in [0.2, 0.25) is 0 Å². The standard InChI is InChI=1S/C32H24N6O3/c33-28-25(7-4-18-34-28)29-37-27-17-16-26(21-5-2-1-3-6-21)36-30(27)38(29)24-14-8-20(9-15-24)19-35-31(39)22-10-12-23(13-11-22)32(40)41/h1-18H,19H2,(H2,33,34)(H,35,39)(H,40,41). The van der Waals surface area contributed by atoms with Crippen molar-refractivity contribution in [2.45, 2.75) is 6.54 Å². The predicted molar refractivity (Wildman–Crippen MR) is 157 cm³/mol. The van der Waals surface area contributed by atoms with E-state index in [4.69, 9.17) is 20.8 Å². The zero-order valence-corrected chi connectivity index (χ0v) is 21.7. The summed E-state index contributed by atoms with van der Waals surface area (Å²) in [5, 5.41) is 11.9. The number of imidazole rings is 1. The second-order valence-electron chi connectivity index (χ2n) is 9.34. The molecule has 200 valence electrons. The third-order valence-electron chi connectivity index (χ3n) is 6.70. The van der Waals surface area contributed by atoms with Gasteiger partial charge in [0, 0.05) is 29.6 Å². The number of carbonyl (C=O) groups is 2. The van der Waals surface area contributed by atoms with Gasteiger partial charge in [0.15, 0.2) is 11.5 Å². The number of nitrogen functional groups attached to an aromatic ring is 1. The molecule has 3 heterocycles. The number of carboxylic acid groups (broad SMARTS) is 1. The van der Waals surface area contributed by atoms with Gasteiger partial charge in [-0.1, -0.05) is 42.5 Å². The number of aromatic nitrogens is 4. The molecule has 0 unspecified atom stereocenters. The minimum Gasteiger partial charge on any atom is -0.478 e. The maximum Gasteiger partial charge on any atom is 0.335 e. The fourth-order valence-corrected chi connectivity index (χ4v) is 4.57. The summed E-state index contributed by atoms with van der Waals surface area (Å²) in [5.41, 5.74) is 12.4. The van der Waals surface area contributed by atoms with Gasteiger partial charge < -0.3 is 16.2 Å². The number of nitrogens with two attached hydrogens (primary N) is 1. The Morgan fingerprint density at radius 3 is 2.24 bits per heavy atom. The number of aromatic carboxylic acids is 1. The molecule has 0 saturated heterocycles. The highest BCUT2D eigenvalue weighted by molar-refractivity contribution is 5.95. The van der Waals surface area contributed by atoms with E-state index in [2.05, 4.69) is 10.3 Å². The Kier molecular flexibility index (Phi) is 6.67. The number of carbonyl (C=O) groups excluding carboxylic acids is 1. The van der Waals surface area contributed by atoms with E-state index in [0.717, 1.165) is 22.5 Å². The lowest BCUT2D eigenvalue weighted by Crippen LogP contribution is -2.22. The molecule has 0 aliphatic carbocycles. The van der Waals surface area contributed by atoms with Crippen LogP contribution in [0.15, 0.2) is 109 Å². The SMILES string of the molecule is Nc1ncccc1-c1nc2ccc(-c3ccccc3)nc2n1-c1ccc(CNC(=O)c2ccc(C(=O)O)cc2)cc1. The van der Waals surface area contributed by atoms with Crippen LogP contribution < -0.4 is 11.1 Å². The van der Waals surface area contributed by atoms with Crippen molar-refractivity contribution in [3.63, 3.8) is 0 Å². The smallest absolute Gasteiger partial charge is 0.335 e. The van der Waals surface area contributed by atoms with Crippen LogP contribution in [0.5, 0.6) is 0 Å². The number of nitrogens with zero attached hydrogens (tertiary/aromatic N) is 4. The summed E-state index contributed by atoms with van der Waals surface area (Å²) in [4.78, 5) is 37.7. The number of amides is 1. The summed E-state index contributed by atoms with van der Waals surface area (Å²) in [5.74, 6) is -0.348. The molecular weight excluding hydrogens is 516 g/mol. The van der Waals surface area contributed by atoms with Crippen LogP contribution >= 0.6 is 0 Å². The third-order valence-corrected chi connectivity index (χ3v) is 6.70. The number of hydrogen-bond donors (Lipinski definition) is 3. The van der Waals surface area contributed by atoms with Crippen molar-refractivity contribution >= 4 is 28.9 Å². The van der Waals surface area contributed by atoms with E-state index in [-0.39, 0.29) is 11.5 Å². The minimum absolute atomic E-state index is 0.127. The van der Waals surface area contributed by atoms with Gasteiger partial charge in [-0.05, 0) is 66.2 Å². The Hall–Kier alpha value is -5.83. The zero-order chi connectivity index (χ0) is 28.3. The second-order valence-corrected chi connectivity index (χ2v) is 9.34. The van der Waals surface area contributed by atoms with Crippen LogP contribution in [0.4, 0.5) is 5.82 Å². The van der Waals surface area contributed by atoms with E-state index in [0.29, 0.717) is 40.5 Å². The first-order valence-electron chi connectivity index (χ1n) is 12.8. The van der Waals surface area contributed by atoms with Crippen LogP contribution in [0.25, 0.3) is 39.5 Å². The van der Waals surface area contributed by atoms with Crippen LogP contribution in [-0.2, 0) is 6.54 Å². The van der Waals surface area contributed by atoms with Gasteiger partial charge in [0.25, 0.3) is 5.91 Å². The molecule has 9 heteroatoms. The average Bonchev–Trinajstić information content (AvgIpc) is 3.39. The summed E-state index contributed by atoms with van der Waals surface area (Å²) in [7, 11) is 0. The molecule has 1 amide bonds. The van der Waals surface area contributed by atoms with Crippen molar-refractivity contribution in [2.24, 2.45) is 0 Å². The molecule has 0 bridgehead atoms. The number of anilines is 1. The van der Waals surface area contributed by atoms with Crippen molar-refractivity contribution in [2.75, 3.05) is 5.73 Å². The molecule has 9 nitrogen and oxygen atoms in total. The van der Waals surface area contributed by atoms with Gasteiger partial charge in [-0.3, -0.25) is 9.36 Å². The fourth-order valence-electron chi connectivity index (χ4n) is 4.57. The zero-order valence-electron chi connectivity index (χ0n) is 21.7. The summed E-state index contributed by atoms with van der Waals surface area (Å²) in [6.07, 6.45) is 1.64. The molecule has 6 rings (SSSR count). The van der Waals surface area contributed by atoms with Crippen LogP contribution in [0, 0.1) is 0 Å². The molecule has 6 aromatic rings. The second kappa shape index (κ2) is 10.7. The normalized spacial score (nSPS) is 10.9. The Morgan fingerprint density at radius 1 is 0.805 bits per heavy atom. The summed E-state index contributed by atoms with van der Waals surface area (Å²) in [6.45, 7) is 0.295. The number of hydrogen-bond acceptors (Lipinski definition) is 6. The van der Waals surface area contributed by atoms with Crippen molar-refractivity contribution in [3.05, 3.63) is 126 Å². The summed E-state index contributed by atoms with van der Waals surface area (Å²) >= 11 is 0. The molecule has 41 heavy (non-hydrogen) atoms. The lowest BCUT2D eigenvalue weighted by atomic mass is 10.1. The predicted octanol–water partition coefficient (Wildman–Crippen LogP) is 5.36. The fraction of sp³-hybridized carbons (Fsp3) is 0.0312. The maximum absolute atomic E-state index is 12.6. The van der Waals surface area contributed by atoms with Crippen LogP contribution in [-0.4, -0.2) is 36.5 Å². The quantitative estimate of drug-likeness (QED) is 0.248. The van der Waals surface area contributed by atoms with Gasteiger partial charge in [-0.25, -0.2) is 19.7 Å². The number of fused-ring (bicyclic) bond motifs is 1. The Labute approximate surface area is 235 Å². The highest BCUT2D eigenvalue weighted by atomic mass is 16.4. The van der Waals surface area contributed by atoms with Crippen LogP contribution in [0.1, 0.15) is 26.3 Å². The molecule has 0 aliphatic rings. The van der Waals surface area contributed by atoms with Crippen molar-refractivity contribution in [3.8, 4) is 28.3 Å². The maximum atomic E-state index is 12.6.